The molecule has 0 radical (unpaired) electrons. The second-order valence-electron chi connectivity index (χ2n) is 8.08. The molecule has 2 aliphatic rings. The molecule has 170 valence electrons. The summed E-state index contributed by atoms with van der Waals surface area (Å²) in [6.07, 6.45) is 0.776. The lowest BCUT2D eigenvalue weighted by Gasteiger charge is -2.28. The van der Waals surface area contributed by atoms with Gasteiger partial charge in [-0.1, -0.05) is 42.5 Å². The SMILES string of the molecule is CCOC(=O)C1=C(C2CC2c2ccccc2)NC(C)=C([N+](=O)[O-])C1c1cccc([N+](=O)[O-])c1. The number of carbonyl (C=O) groups is 1. The van der Waals surface area contributed by atoms with Crippen molar-refractivity contribution in [3.05, 3.63) is 109 Å². The normalized spacial score (nSPS) is 21.9. The van der Waals surface area contributed by atoms with Crippen LogP contribution in [-0.2, 0) is 9.53 Å². The first-order chi connectivity index (χ1) is 15.8. The summed E-state index contributed by atoms with van der Waals surface area (Å²) in [7, 11) is 0. The summed E-state index contributed by atoms with van der Waals surface area (Å²) in [6, 6.07) is 15.5. The highest BCUT2D eigenvalue weighted by atomic mass is 16.6. The molecule has 0 saturated heterocycles. The molecule has 0 aromatic heterocycles. The molecule has 1 aliphatic carbocycles. The van der Waals surface area contributed by atoms with Crippen LogP contribution in [0.1, 0.15) is 43.2 Å². The quantitative estimate of drug-likeness (QED) is 0.377. The fraction of sp³-hybridized carbons (Fsp3) is 0.292. The van der Waals surface area contributed by atoms with E-state index < -0.39 is 21.7 Å². The predicted octanol–water partition coefficient (Wildman–Crippen LogP) is 4.41. The van der Waals surface area contributed by atoms with Crippen molar-refractivity contribution in [2.24, 2.45) is 5.92 Å². The second-order valence-corrected chi connectivity index (χ2v) is 8.08. The van der Waals surface area contributed by atoms with Crippen LogP contribution in [0.25, 0.3) is 0 Å². The van der Waals surface area contributed by atoms with E-state index in [0.717, 1.165) is 12.0 Å². The molecule has 1 fully saturated rings. The first-order valence-corrected chi connectivity index (χ1v) is 10.7. The van der Waals surface area contributed by atoms with Crippen molar-refractivity contribution >= 4 is 11.7 Å². The lowest BCUT2D eigenvalue weighted by Crippen LogP contribution is -2.33. The molecule has 2 aromatic rings. The Morgan fingerprint density at radius 3 is 2.36 bits per heavy atom. The Hall–Kier alpha value is -4.01. The minimum atomic E-state index is -1.09. The topological polar surface area (TPSA) is 125 Å². The third-order valence-electron chi connectivity index (χ3n) is 6.05. The van der Waals surface area contributed by atoms with Crippen LogP contribution in [0.5, 0.6) is 0 Å². The Morgan fingerprint density at radius 2 is 1.73 bits per heavy atom. The van der Waals surface area contributed by atoms with E-state index in [2.05, 4.69) is 5.32 Å². The summed E-state index contributed by atoms with van der Waals surface area (Å²) in [5, 5.41) is 26.5. The second kappa shape index (κ2) is 8.85. The van der Waals surface area contributed by atoms with Crippen molar-refractivity contribution in [2.45, 2.75) is 32.1 Å². The fourth-order valence-corrected chi connectivity index (χ4v) is 4.54. The summed E-state index contributed by atoms with van der Waals surface area (Å²) in [4.78, 5) is 35.5. The highest BCUT2D eigenvalue weighted by Crippen LogP contribution is 2.54. The highest BCUT2D eigenvalue weighted by Gasteiger charge is 2.49. The van der Waals surface area contributed by atoms with Gasteiger partial charge in [-0.3, -0.25) is 20.2 Å². The van der Waals surface area contributed by atoms with Crippen LogP contribution < -0.4 is 5.32 Å². The molecule has 9 nitrogen and oxygen atoms in total. The van der Waals surface area contributed by atoms with Crippen molar-refractivity contribution in [1.29, 1.82) is 0 Å². The summed E-state index contributed by atoms with van der Waals surface area (Å²) in [5.74, 6) is -1.64. The van der Waals surface area contributed by atoms with Gasteiger partial charge in [-0.15, -0.1) is 0 Å². The van der Waals surface area contributed by atoms with Crippen molar-refractivity contribution in [1.82, 2.24) is 5.32 Å². The maximum Gasteiger partial charge on any atom is 0.337 e. The van der Waals surface area contributed by atoms with E-state index in [1.807, 2.05) is 30.3 Å². The Labute approximate surface area is 190 Å². The maximum atomic E-state index is 13.2. The molecule has 3 atom stereocenters. The molecule has 1 aliphatic heterocycles. The molecule has 33 heavy (non-hydrogen) atoms. The Bertz CT molecular complexity index is 1190. The number of carbonyl (C=O) groups excluding carboxylic acids is 1. The van der Waals surface area contributed by atoms with Gasteiger partial charge in [-0.25, -0.2) is 4.79 Å². The van der Waals surface area contributed by atoms with E-state index in [-0.39, 0.29) is 35.4 Å². The third kappa shape index (κ3) is 4.21. The standard InChI is InChI=1S/C24H23N3O6/c1-3-33-24(28)21-20(16-10-7-11-17(12-16)26(29)30)23(27(31)32)14(2)25-22(21)19-13-18(19)15-8-5-4-6-9-15/h4-12,18-20,25H,3,13H2,1-2H3. The van der Waals surface area contributed by atoms with Gasteiger partial charge in [0.2, 0.25) is 0 Å². The summed E-state index contributed by atoms with van der Waals surface area (Å²) in [5.41, 5.74) is 2.02. The van der Waals surface area contributed by atoms with Gasteiger partial charge in [0.05, 0.1) is 27.7 Å². The number of allylic oxidation sites excluding steroid dienone is 3. The lowest BCUT2D eigenvalue weighted by molar-refractivity contribution is -0.431. The molecule has 1 saturated carbocycles. The molecule has 0 bridgehead atoms. The zero-order valence-corrected chi connectivity index (χ0v) is 18.2. The van der Waals surface area contributed by atoms with Gasteiger partial charge in [0.1, 0.15) is 5.92 Å². The lowest BCUT2D eigenvalue weighted by atomic mass is 9.82. The number of nitro groups is 2. The number of nitro benzene ring substituents is 1. The largest absolute Gasteiger partial charge is 0.463 e. The van der Waals surface area contributed by atoms with E-state index in [0.29, 0.717) is 17.0 Å². The average molecular weight is 449 g/mol. The molecular formula is C24H23N3O6. The number of nitrogens with zero attached hydrogens (tertiary/aromatic N) is 2. The van der Waals surface area contributed by atoms with Gasteiger partial charge in [-0.2, -0.15) is 0 Å². The van der Waals surface area contributed by atoms with Gasteiger partial charge in [-0.05, 0) is 37.3 Å². The molecule has 4 rings (SSSR count). The minimum Gasteiger partial charge on any atom is -0.463 e. The molecule has 1 N–H and O–H groups in total. The van der Waals surface area contributed by atoms with E-state index >= 15 is 0 Å². The van der Waals surface area contributed by atoms with Gasteiger partial charge >= 0.3 is 5.97 Å². The monoisotopic (exact) mass is 449 g/mol. The van der Waals surface area contributed by atoms with Crippen LogP contribution in [0.4, 0.5) is 5.69 Å². The summed E-state index contributed by atoms with van der Waals surface area (Å²) >= 11 is 0. The first-order valence-electron chi connectivity index (χ1n) is 10.7. The van der Waals surface area contributed by atoms with Crippen LogP contribution >= 0.6 is 0 Å². The van der Waals surface area contributed by atoms with E-state index in [9.17, 15) is 25.0 Å². The highest BCUT2D eigenvalue weighted by molar-refractivity contribution is 5.93. The molecule has 3 unspecified atom stereocenters. The van der Waals surface area contributed by atoms with Crippen molar-refractivity contribution in [3.8, 4) is 0 Å². The minimum absolute atomic E-state index is 0.0451. The van der Waals surface area contributed by atoms with Crippen molar-refractivity contribution in [2.75, 3.05) is 6.61 Å². The van der Waals surface area contributed by atoms with E-state index in [1.54, 1.807) is 19.9 Å². The van der Waals surface area contributed by atoms with Crippen LogP contribution in [0, 0.1) is 26.1 Å². The third-order valence-corrected chi connectivity index (χ3v) is 6.05. The van der Waals surface area contributed by atoms with Crippen LogP contribution in [0.15, 0.2) is 77.3 Å². The molecule has 1 heterocycles. The summed E-state index contributed by atoms with van der Waals surface area (Å²) < 4.78 is 5.31. The molecule has 9 heteroatoms. The number of dihydropyridines is 1. The number of rotatable bonds is 7. The fourth-order valence-electron chi connectivity index (χ4n) is 4.54. The van der Waals surface area contributed by atoms with E-state index in [4.69, 9.17) is 4.74 Å². The Kier molecular flexibility index (Phi) is 5.95. The number of ether oxygens (including phenoxy) is 1. The molecule has 0 amide bonds. The van der Waals surface area contributed by atoms with Gasteiger partial charge < -0.3 is 10.1 Å². The van der Waals surface area contributed by atoms with Crippen LogP contribution in [-0.4, -0.2) is 22.4 Å². The van der Waals surface area contributed by atoms with Crippen molar-refractivity contribution < 1.29 is 19.4 Å². The summed E-state index contributed by atoms with van der Waals surface area (Å²) in [6.45, 7) is 3.35. The zero-order chi connectivity index (χ0) is 23.7. The number of non-ortho nitro benzene ring substituents is 1. The number of hydrogen-bond donors (Lipinski definition) is 1. The molecular weight excluding hydrogens is 426 g/mol. The Morgan fingerprint density at radius 1 is 1.03 bits per heavy atom. The number of benzene rings is 2. The predicted molar refractivity (Wildman–Crippen MR) is 120 cm³/mol. The first kappa shape index (κ1) is 22.2. The van der Waals surface area contributed by atoms with Gasteiger partial charge in [0.25, 0.3) is 11.4 Å². The number of nitrogens with one attached hydrogen (secondary N) is 1. The van der Waals surface area contributed by atoms with E-state index in [1.165, 1.54) is 18.2 Å². The Balaban J connectivity index is 1.87. The zero-order valence-electron chi connectivity index (χ0n) is 18.2. The maximum absolute atomic E-state index is 13.2. The van der Waals surface area contributed by atoms with Gasteiger partial charge in [0.15, 0.2) is 0 Å². The number of esters is 1. The number of hydrogen-bond acceptors (Lipinski definition) is 7. The smallest absolute Gasteiger partial charge is 0.337 e. The average Bonchev–Trinajstić information content (AvgIpc) is 3.59. The van der Waals surface area contributed by atoms with Gasteiger partial charge in [0, 0.05) is 23.7 Å². The van der Waals surface area contributed by atoms with Crippen molar-refractivity contribution in [3.63, 3.8) is 0 Å². The van der Waals surface area contributed by atoms with Crippen LogP contribution in [0.2, 0.25) is 0 Å². The van der Waals surface area contributed by atoms with Crippen LogP contribution in [0.3, 0.4) is 0 Å². The molecule has 2 aromatic carbocycles. The molecule has 0 spiro atoms.